The van der Waals surface area contributed by atoms with Crippen molar-refractivity contribution < 1.29 is 4.79 Å². The quantitative estimate of drug-likeness (QED) is 0.835. The average Bonchev–Trinajstić information content (AvgIpc) is 2.85. The highest BCUT2D eigenvalue weighted by Crippen LogP contribution is 2.07. The van der Waals surface area contributed by atoms with Crippen molar-refractivity contribution in [1.82, 2.24) is 24.7 Å². The van der Waals surface area contributed by atoms with E-state index in [1.807, 2.05) is 7.05 Å². The van der Waals surface area contributed by atoms with Crippen molar-refractivity contribution >= 4 is 5.91 Å². The van der Waals surface area contributed by atoms with E-state index in [2.05, 4.69) is 34.1 Å². The van der Waals surface area contributed by atoms with Gasteiger partial charge in [-0.3, -0.25) is 9.69 Å². The first-order valence-electron chi connectivity index (χ1n) is 7.25. The van der Waals surface area contributed by atoms with Crippen LogP contribution in [0.4, 0.5) is 0 Å². The summed E-state index contributed by atoms with van der Waals surface area (Å²) in [7, 11) is 3.99. The molecular weight excluding hydrogens is 254 g/mol. The highest BCUT2D eigenvalue weighted by atomic mass is 16.1. The molecule has 1 saturated heterocycles. The fourth-order valence-corrected chi connectivity index (χ4v) is 2.51. The molecule has 0 radical (unpaired) electrons. The van der Waals surface area contributed by atoms with Gasteiger partial charge in [0.15, 0.2) is 0 Å². The van der Waals surface area contributed by atoms with E-state index < -0.39 is 0 Å². The zero-order valence-electron chi connectivity index (χ0n) is 12.7. The molecule has 1 N–H and O–H groups in total. The lowest BCUT2D eigenvalue weighted by molar-refractivity contribution is 0.0927. The van der Waals surface area contributed by atoms with Crippen molar-refractivity contribution in [2.24, 2.45) is 7.05 Å². The third kappa shape index (κ3) is 3.80. The second-order valence-electron chi connectivity index (χ2n) is 5.62. The molecule has 20 heavy (non-hydrogen) atoms. The Morgan fingerprint density at radius 2 is 2.05 bits per heavy atom. The largest absolute Gasteiger partial charge is 0.351 e. The number of hydrogen-bond donors (Lipinski definition) is 1. The van der Waals surface area contributed by atoms with Crippen LogP contribution in [0.15, 0.2) is 12.5 Å². The predicted molar refractivity (Wildman–Crippen MR) is 78.7 cm³/mol. The number of rotatable bonds is 5. The lowest BCUT2D eigenvalue weighted by Crippen LogP contribution is -2.48. The minimum absolute atomic E-state index is 0.0458. The summed E-state index contributed by atoms with van der Waals surface area (Å²) >= 11 is 0. The van der Waals surface area contributed by atoms with Crippen molar-refractivity contribution in [2.75, 3.05) is 39.8 Å². The van der Waals surface area contributed by atoms with Crippen molar-refractivity contribution in [3.8, 4) is 0 Å². The summed E-state index contributed by atoms with van der Waals surface area (Å²) in [5.74, 6) is -0.0458. The van der Waals surface area contributed by atoms with Crippen LogP contribution in [0.2, 0.25) is 0 Å². The van der Waals surface area contributed by atoms with E-state index in [0.717, 1.165) is 32.6 Å². The number of hydrogen-bond acceptors (Lipinski definition) is 4. The minimum Gasteiger partial charge on any atom is -0.351 e. The number of aryl methyl sites for hydroxylation is 1. The molecular formula is C14H25N5O. The van der Waals surface area contributed by atoms with Crippen molar-refractivity contribution in [2.45, 2.75) is 19.4 Å². The molecule has 2 heterocycles. The van der Waals surface area contributed by atoms with Gasteiger partial charge in [0.2, 0.25) is 0 Å². The zero-order chi connectivity index (χ0) is 14.5. The van der Waals surface area contributed by atoms with Crippen molar-refractivity contribution in [3.05, 3.63) is 18.2 Å². The monoisotopic (exact) mass is 279 g/mol. The van der Waals surface area contributed by atoms with Crippen LogP contribution in [0.5, 0.6) is 0 Å². The highest BCUT2D eigenvalue weighted by molar-refractivity contribution is 5.92. The van der Waals surface area contributed by atoms with Gasteiger partial charge in [-0.2, -0.15) is 0 Å². The van der Waals surface area contributed by atoms with E-state index in [0.29, 0.717) is 18.3 Å². The Labute approximate surface area is 120 Å². The van der Waals surface area contributed by atoms with Gasteiger partial charge in [0.25, 0.3) is 5.91 Å². The normalized spacial score (nSPS) is 18.9. The summed E-state index contributed by atoms with van der Waals surface area (Å²) in [6.07, 6.45) is 4.22. The van der Waals surface area contributed by atoms with Crippen LogP contribution in [-0.2, 0) is 7.05 Å². The lowest BCUT2D eigenvalue weighted by Gasteiger charge is -2.36. The van der Waals surface area contributed by atoms with Gasteiger partial charge in [-0.05, 0) is 20.4 Å². The second-order valence-corrected chi connectivity index (χ2v) is 5.62. The summed E-state index contributed by atoms with van der Waals surface area (Å²) in [4.78, 5) is 20.7. The van der Waals surface area contributed by atoms with Gasteiger partial charge < -0.3 is 14.8 Å². The maximum Gasteiger partial charge on any atom is 0.269 e. The van der Waals surface area contributed by atoms with Gasteiger partial charge >= 0.3 is 0 Å². The fourth-order valence-electron chi connectivity index (χ4n) is 2.51. The van der Waals surface area contributed by atoms with Crippen molar-refractivity contribution in [3.63, 3.8) is 0 Å². The molecule has 1 amide bonds. The predicted octanol–water partition coefficient (Wildman–Crippen LogP) is 0.176. The summed E-state index contributed by atoms with van der Waals surface area (Å²) in [5, 5.41) is 2.97. The van der Waals surface area contributed by atoms with Gasteiger partial charge in [-0.25, -0.2) is 4.98 Å². The Bertz CT molecular complexity index is 437. The fraction of sp³-hybridized carbons (Fsp3) is 0.714. The van der Waals surface area contributed by atoms with E-state index in [-0.39, 0.29) is 5.91 Å². The van der Waals surface area contributed by atoms with Gasteiger partial charge in [-0.15, -0.1) is 0 Å². The summed E-state index contributed by atoms with van der Waals surface area (Å²) in [6.45, 7) is 7.44. The standard InChI is InChI=1S/C14H25N5O/c1-12(19-8-6-17(2)7-9-19)4-5-16-14(20)13-10-15-11-18(13)3/h10-12H,4-9H2,1-3H3,(H,16,20). The van der Waals surface area contributed by atoms with Crippen molar-refractivity contribution in [1.29, 1.82) is 0 Å². The number of nitrogens with one attached hydrogen (secondary N) is 1. The molecule has 6 heteroatoms. The van der Waals surface area contributed by atoms with E-state index in [1.165, 1.54) is 0 Å². The first-order chi connectivity index (χ1) is 9.58. The number of piperazine rings is 1. The number of carbonyl (C=O) groups excluding carboxylic acids is 1. The van der Waals surface area contributed by atoms with E-state index in [1.54, 1.807) is 17.1 Å². The molecule has 1 aliphatic heterocycles. The Morgan fingerprint density at radius 1 is 1.35 bits per heavy atom. The van der Waals surface area contributed by atoms with Crippen LogP contribution < -0.4 is 5.32 Å². The molecule has 2 rings (SSSR count). The molecule has 0 bridgehead atoms. The number of nitrogens with zero attached hydrogens (tertiary/aromatic N) is 4. The van der Waals surface area contributed by atoms with E-state index in [9.17, 15) is 4.79 Å². The van der Waals surface area contributed by atoms with Crippen LogP contribution in [0, 0.1) is 0 Å². The number of likely N-dealkylation sites (N-methyl/N-ethyl adjacent to an activating group) is 1. The molecule has 6 nitrogen and oxygen atoms in total. The Hall–Kier alpha value is -1.40. The molecule has 1 aromatic heterocycles. The van der Waals surface area contributed by atoms with Crippen LogP contribution in [0.25, 0.3) is 0 Å². The topological polar surface area (TPSA) is 53.4 Å². The lowest BCUT2D eigenvalue weighted by atomic mass is 10.1. The van der Waals surface area contributed by atoms with Crippen LogP contribution in [0.3, 0.4) is 0 Å². The minimum atomic E-state index is -0.0458. The first kappa shape index (κ1) is 15.0. The van der Waals surface area contributed by atoms with E-state index >= 15 is 0 Å². The zero-order valence-corrected chi connectivity index (χ0v) is 12.7. The molecule has 0 aromatic carbocycles. The summed E-state index contributed by atoms with van der Waals surface area (Å²) in [6, 6.07) is 0.510. The molecule has 1 atom stereocenters. The Balaban J connectivity index is 1.70. The Morgan fingerprint density at radius 3 is 2.65 bits per heavy atom. The van der Waals surface area contributed by atoms with Crippen LogP contribution in [0.1, 0.15) is 23.8 Å². The van der Waals surface area contributed by atoms with E-state index in [4.69, 9.17) is 0 Å². The molecule has 1 aromatic rings. The van der Waals surface area contributed by atoms with Gasteiger partial charge in [0.05, 0.1) is 12.5 Å². The molecule has 112 valence electrons. The third-order valence-corrected chi connectivity index (χ3v) is 4.06. The molecule has 1 fully saturated rings. The molecule has 0 spiro atoms. The number of amides is 1. The van der Waals surface area contributed by atoms with Crippen LogP contribution >= 0.6 is 0 Å². The second kappa shape index (κ2) is 6.85. The van der Waals surface area contributed by atoms with Gasteiger partial charge in [0.1, 0.15) is 5.69 Å². The number of carbonyl (C=O) groups is 1. The van der Waals surface area contributed by atoms with Gasteiger partial charge in [-0.1, -0.05) is 0 Å². The molecule has 0 aliphatic carbocycles. The molecule has 1 aliphatic rings. The first-order valence-corrected chi connectivity index (χ1v) is 7.25. The maximum atomic E-state index is 11.9. The molecule has 1 unspecified atom stereocenters. The average molecular weight is 279 g/mol. The Kier molecular flexibility index (Phi) is 5.14. The third-order valence-electron chi connectivity index (χ3n) is 4.06. The summed E-state index contributed by atoms with van der Waals surface area (Å²) < 4.78 is 1.74. The SMILES string of the molecule is CC(CCNC(=O)c1cncn1C)N1CCN(C)CC1. The summed E-state index contributed by atoms with van der Waals surface area (Å²) in [5.41, 5.74) is 0.609. The highest BCUT2D eigenvalue weighted by Gasteiger charge is 2.19. The number of aromatic nitrogens is 2. The number of imidazole rings is 1. The smallest absolute Gasteiger partial charge is 0.269 e. The maximum absolute atomic E-state index is 11.9. The molecule has 0 saturated carbocycles. The van der Waals surface area contributed by atoms with Crippen LogP contribution in [-0.4, -0.2) is 71.1 Å². The van der Waals surface area contributed by atoms with Gasteiger partial charge in [0, 0.05) is 45.8 Å².